The van der Waals surface area contributed by atoms with Crippen molar-refractivity contribution in [3.63, 3.8) is 0 Å². The van der Waals surface area contributed by atoms with Crippen LogP contribution in [0.15, 0.2) is 0 Å². The first-order chi connectivity index (χ1) is 6.89. The second-order valence-electron chi connectivity index (χ2n) is 4.02. The summed E-state index contributed by atoms with van der Waals surface area (Å²) < 4.78 is 30.5. The largest absolute Gasteiger partial charge is 0.313 e. The van der Waals surface area contributed by atoms with E-state index in [1.807, 2.05) is 0 Å². The Morgan fingerprint density at radius 2 is 1.80 bits per heavy atom. The van der Waals surface area contributed by atoms with E-state index in [4.69, 9.17) is 4.55 Å². The average Bonchev–Trinajstić information content (AvgIpc) is 2.14. The molecule has 5 heteroatoms. The summed E-state index contributed by atoms with van der Waals surface area (Å²) in [7, 11) is -3.91. The van der Waals surface area contributed by atoms with Crippen molar-refractivity contribution >= 4 is 10.1 Å². The van der Waals surface area contributed by atoms with Gasteiger partial charge in [-0.05, 0) is 26.8 Å². The summed E-state index contributed by atoms with van der Waals surface area (Å²) >= 11 is 0. The Kier molecular flexibility index (Phi) is 7.13. The molecule has 0 aromatic rings. The van der Waals surface area contributed by atoms with Gasteiger partial charge >= 0.3 is 0 Å². The van der Waals surface area contributed by atoms with E-state index in [1.54, 1.807) is 6.92 Å². The fourth-order valence-electron chi connectivity index (χ4n) is 1.31. The van der Waals surface area contributed by atoms with Gasteiger partial charge in [0.05, 0.1) is 5.25 Å². The van der Waals surface area contributed by atoms with E-state index in [2.05, 4.69) is 12.2 Å². The molecule has 0 aliphatic rings. The molecule has 0 aromatic heterocycles. The van der Waals surface area contributed by atoms with Crippen molar-refractivity contribution in [3.8, 4) is 0 Å². The monoisotopic (exact) mass is 237 g/mol. The quantitative estimate of drug-likeness (QED) is 0.499. The number of rotatable bonds is 8. The lowest BCUT2D eigenvalue weighted by Crippen LogP contribution is -2.40. The van der Waals surface area contributed by atoms with Crippen molar-refractivity contribution < 1.29 is 13.0 Å². The second-order valence-corrected chi connectivity index (χ2v) is 5.80. The lowest BCUT2D eigenvalue weighted by Gasteiger charge is -2.18. The molecule has 0 heterocycles. The van der Waals surface area contributed by atoms with Gasteiger partial charge in [-0.25, -0.2) is 0 Å². The third kappa shape index (κ3) is 6.87. The SMILES string of the molecule is CCCCCCNC(C)C(C)S(=O)(=O)O. The Labute approximate surface area is 93.2 Å². The van der Waals surface area contributed by atoms with E-state index in [9.17, 15) is 8.42 Å². The number of unbranched alkanes of at least 4 members (excludes halogenated alkanes) is 3. The highest BCUT2D eigenvalue weighted by molar-refractivity contribution is 7.86. The molecule has 0 amide bonds. The molecule has 0 bridgehead atoms. The molecule has 0 aromatic carbocycles. The summed E-state index contributed by atoms with van der Waals surface area (Å²) in [6.45, 7) is 6.24. The molecular weight excluding hydrogens is 214 g/mol. The summed E-state index contributed by atoms with van der Waals surface area (Å²) in [4.78, 5) is 0. The van der Waals surface area contributed by atoms with Crippen LogP contribution >= 0.6 is 0 Å². The summed E-state index contributed by atoms with van der Waals surface area (Å²) in [5.41, 5.74) is 0. The van der Waals surface area contributed by atoms with Gasteiger partial charge in [-0.15, -0.1) is 0 Å². The van der Waals surface area contributed by atoms with Crippen LogP contribution < -0.4 is 5.32 Å². The van der Waals surface area contributed by atoms with Crippen LogP contribution in [0.2, 0.25) is 0 Å². The minimum Gasteiger partial charge on any atom is -0.313 e. The molecule has 0 radical (unpaired) electrons. The Bertz CT molecular complexity index is 251. The first-order valence-electron chi connectivity index (χ1n) is 5.59. The maximum Gasteiger partial charge on any atom is 0.269 e. The van der Waals surface area contributed by atoms with E-state index in [0.717, 1.165) is 19.4 Å². The standard InChI is InChI=1S/C10H23NO3S/c1-4-5-6-7-8-11-9(2)10(3)15(12,13)14/h9-11H,4-8H2,1-3H3,(H,12,13,14). The predicted molar refractivity (Wildman–Crippen MR) is 62.6 cm³/mol. The van der Waals surface area contributed by atoms with Crippen LogP contribution in [0, 0.1) is 0 Å². The van der Waals surface area contributed by atoms with Gasteiger partial charge < -0.3 is 5.32 Å². The Morgan fingerprint density at radius 3 is 2.27 bits per heavy atom. The zero-order valence-electron chi connectivity index (χ0n) is 9.86. The molecule has 0 saturated heterocycles. The molecule has 0 aliphatic carbocycles. The van der Waals surface area contributed by atoms with Crippen molar-refractivity contribution in [1.29, 1.82) is 0 Å². The minimum absolute atomic E-state index is 0.207. The van der Waals surface area contributed by atoms with Gasteiger partial charge in [-0.2, -0.15) is 8.42 Å². The smallest absolute Gasteiger partial charge is 0.269 e. The molecule has 92 valence electrons. The van der Waals surface area contributed by atoms with E-state index < -0.39 is 15.4 Å². The maximum atomic E-state index is 10.8. The number of hydrogen-bond donors (Lipinski definition) is 2. The van der Waals surface area contributed by atoms with Crippen molar-refractivity contribution in [2.45, 2.75) is 57.7 Å². The Balaban J connectivity index is 3.70. The molecule has 0 aliphatic heterocycles. The van der Waals surface area contributed by atoms with Gasteiger partial charge in [0.2, 0.25) is 0 Å². The lowest BCUT2D eigenvalue weighted by molar-refractivity contribution is 0.438. The summed E-state index contributed by atoms with van der Waals surface area (Å²) in [6.07, 6.45) is 4.62. The Morgan fingerprint density at radius 1 is 1.20 bits per heavy atom. The minimum atomic E-state index is -3.91. The molecule has 2 unspecified atom stereocenters. The number of nitrogens with one attached hydrogen (secondary N) is 1. The van der Waals surface area contributed by atoms with E-state index in [0.29, 0.717) is 0 Å². The van der Waals surface area contributed by atoms with Crippen LogP contribution in [0.1, 0.15) is 46.5 Å². The molecular formula is C10H23NO3S. The molecule has 2 N–H and O–H groups in total. The highest BCUT2D eigenvalue weighted by atomic mass is 32.2. The van der Waals surface area contributed by atoms with Gasteiger partial charge in [0, 0.05) is 6.04 Å². The molecule has 0 rings (SSSR count). The Hall–Kier alpha value is -0.130. The van der Waals surface area contributed by atoms with E-state index in [1.165, 1.54) is 19.8 Å². The van der Waals surface area contributed by atoms with E-state index in [-0.39, 0.29) is 6.04 Å². The second kappa shape index (κ2) is 7.19. The van der Waals surface area contributed by atoms with Gasteiger partial charge in [0.15, 0.2) is 0 Å². The van der Waals surface area contributed by atoms with Gasteiger partial charge in [0.1, 0.15) is 0 Å². The number of hydrogen-bond acceptors (Lipinski definition) is 3. The predicted octanol–water partition coefficient (Wildman–Crippen LogP) is 1.82. The summed E-state index contributed by atoms with van der Waals surface area (Å²) in [6, 6.07) is -0.207. The van der Waals surface area contributed by atoms with E-state index >= 15 is 0 Å². The third-order valence-electron chi connectivity index (χ3n) is 2.67. The van der Waals surface area contributed by atoms with Gasteiger partial charge in [-0.3, -0.25) is 4.55 Å². The first-order valence-corrected chi connectivity index (χ1v) is 7.09. The van der Waals surface area contributed by atoms with Gasteiger partial charge in [0.25, 0.3) is 10.1 Å². The van der Waals surface area contributed by atoms with Crippen LogP contribution in [-0.2, 0) is 10.1 Å². The van der Waals surface area contributed by atoms with Crippen molar-refractivity contribution in [3.05, 3.63) is 0 Å². The lowest BCUT2D eigenvalue weighted by atomic mass is 10.2. The van der Waals surface area contributed by atoms with Crippen LogP contribution in [-0.4, -0.2) is 30.8 Å². The normalized spacial score (nSPS) is 16.3. The van der Waals surface area contributed by atoms with Crippen LogP contribution in [0.3, 0.4) is 0 Å². The highest BCUT2D eigenvalue weighted by Crippen LogP contribution is 2.04. The fraction of sp³-hybridized carbons (Fsp3) is 1.00. The third-order valence-corrected chi connectivity index (χ3v) is 4.02. The van der Waals surface area contributed by atoms with Gasteiger partial charge in [-0.1, -0.05) is 26.2 Å². The van der Waals surface area contributed by atoms with Crippen LogP contribution in [0.25, 0.3) is 0 Å². The van der Waals surface area contributed by atoms with Crippen LogP contribution in [0.4, 0.5) is 0 Å². The fourth-order valence-corrected chi connectivity index (χ4v) is 1.92. The van der Waals surface area contributed by atoms with Crippen LogP contribution in [0.5, 0.6) is 0 Å². The molecule has 15 heavy (non-hydrogen) atoms. The molecule has 4 nitrogen and oxygen atoms in total. The average molecular weight is 237 g/mol. The first kappa shape index (κ1) is 14.9. The topological polar surface area (TPSA) is 66.4 Å². The highest BCUT2D eigenvalue weighted by Gasteiger charge is 2.23. The molecule has 0 spiro atoms. The zero-order chi connectivity index (χ0) is 11.9. The molecule has 0 saturated carbocycles. The van der Waals surface area contributed by atoms with Crippen molar-refractivity contribution in [1.82, 2.24) is 5.32 Å². The van der Waals surface area contributed by atoms with Crippen molar-refractivity contribution in [2.75, 3.05) is 6.54 Å². The molecule has 2 atom stereocenters. The summed E-state index contributed by atoms with van der Waals surface area (Å²) in [5, 5.41) is 2.36. The summed E-state index contributed by atoms with van der Waals surface area (Å²) in [5.74, 6) is 0. The molecule has 0 fully saturated rings. The maximum absolute atomic E-state index is 10.8. The zero-order valence-corrected chi connectivity index (χ0v) is 10.7. The van der Waals surface area contributed by atoms with Crippen molar-refractivity contribution in [2.24, 2.45) is 0 Å².